The van der Waals surface area contributed by atoms with E-state index < -0.39 is 0 Å². The van der Waals surface area contributed by atoms with Gasteiger partial charge < -0.3 is 15.7 Å². The summed E-state index contributed by atoms with van der Waals surface area (Å²) >= 11 is 0. The van der Waals surface area contributed by atoms with Crippen molar-refractivity contribution in [2.24, 2.45) is 10.4 Å². The summed E-state index contributed by atoms with van der Waals surface area (Å²) in [7, 11) is 0. The summed E-state index contributed by atoms with van der Waals surface area (Å²) in [4.78, 5) is 4.71. The van der Waals surface area contributed by atoms with Crippen LogP contribution in [0.5, 0.6) is 0 Å². The summed E-state index contributed by atoms with van der Waals surface area (Å²) in [5.74, 6) is 1.08. The number of aliphatic imine (C=N–C) groups is 1. The van der Waals surface area contributed by atoms with Crippen molar-refractivity contribution in [2.45, 2.75) is 25.7 Å². The predicted octanol–water partition coefficient (Wildman–Crippen LogP) is 3.76. The minimum Gasteiger partial charge on any atom is -0.396 e. The second-order valence-corrected chi connectivity index (χ2v) is 7.11. The van der Waals surface area contributed by atoms with E-state index in [2.05, 4.69) is 78.2 Å². The summed E-state index contributed by atoms with van der Waals surface area (Å²) in [5, 5.41) is 16.3. The van der Waals surface area contributed by atoms with Crippen LogP contribution in [0.3, 0.4) is 0 Å². The van der Waals surface area contributed by atoms with Gasteiger partial charge in [-0.1, -0.05) is 60.7 Å². The number of benzene rings is 2. The molecule has 1 fully saturated rings. The fourth-order valence-corrected chi connectivity index (χ4v) is 3.13. The Balaban J connectivity index is 0.00000261. The molecule has 0 aromatic heterocycles. The van der Waals surface area contributed by atoms with Crippen LogP contribution in [0, 0.1) is 5.41 Å². The molecule has 0 amide bonds. The lowest BCUT2D eigenvalue weighted by Gasteiger charge is -2.21. The largest absolute Gasteiger partial charge is 0.396 e. The molecular weight excluding hydrogens is 449 g/mol. The number of hydrogen-bond donors (Lipinski definition) is 3. The van der Waals surface area contributed by atoms with Crippen LogP contribution in [-0.4, -0.2) is 37.3 Å². The van der Waals surface area contributed by atoms with Crippen molar-refractivity contribution in [3.63, 3.8) is 0 Å². The molecule has 2 aromatic carbocycles. The van der Waals surface area contributed by atoms with E-state index in [0.29, 0.717) is 6.54 Å². The third kappa shape index (κ3) is 6.21. The molecule has 4 nitrogen and oxygen atoms in total. The van der Waals surface area contributed by atoms with Crippen molar-refractivity contribution in [3.05, 3.63) is 71.8 Å². The molecule has 0 atom stereocenters. The second-order valence-electron chi connectivity index (χ2n) is 7.11. The molecule has 0 saturated heterocycles. The highest BCUT2D eigenvalue weighted by Gasteiger charge is 2.41. The molecular formula is C22H30IN3O. The smallest absolute Gasteiger partial charge is 0.191 e. The van der Waals surface area contributed by atoms with E-state index in [1.807, 2.05) is 0 Å². The number of rotatable bonds is 8. The van der Waals surface area contributed by atoms with Crippen molar-refractivity contribution >= 4 is 29.9 Å². The Morgan fingerprint density at radius 3 is 2.00 bits per heavy atom. The monoisotopic (exact) mass is 479 g/mol. The van der Waals surface area contributed by atoms with Crippen LogP contribution < -0.4 is 10.6 Å². The van der Waals surface area contributed by atoms with Crippen LogP contribution in [0.1, 0.15) is 36.8 Å². The Labute approximate surface area is 179 Å². The number of nitrogens with zero attached hydrogens (tertiary/aromatic N) is 1. The lowest BCUT2D eigenvalue weighted by molar-refractivity contribution is 0.217. The summed E-state index contributed by atoms with van der Waals surface area (Å²) in [6.07, 6.45) is 2.14. The van der Waals surface area contributed by atoms with Gasteiger partial charge in [-0.05, 0) is 30.9 Å². The van der Waals surface area contributed by atoms with Crippen molar-refractivity contribution < 1.29 is 5.11 Å². The summed E-state index contributed by atoms with van der Waals surface area (Å²) in [6, 6.07) is 21.1. The number of nitrogens with one attached hydrogen (secondary N) is 2. The van der Waals surface area contributed by atoms with Crippen molar-refractivity contribution in [1.82, 2.24) is 10.6 Å². The zero-order valence-corrected chi connectivity index (χ0v) is 18.2. The highest BCUT2D eigenvalue weighted by molar-refractivity contribution is 14.0. The molecule has 0 unspecified atom stereocenters. The first-order valence-corrected chi connectivity index (χ1v) is 9.49. The van der Waals surface area contributed by atoms with Crippen LogP contribution in [-0.2, 0) is 0 Å². The van der Waals surface area contributed by atoms with E-state index in [9.17, 15) is 5.11 Å². The van der Waals surface area contributed by atoms with Crippen LogP contribution in [0.2, 0.25) is 0 Å². The highest BCUT2D eigenvalue weighted by atomic mass is 127. The lowest BCUT2D eigenvalue weighted by Crippen LogP contribution is -2.40. The van der Waals surface area contributed by atoms with E-state index in [-0.39, 0.29) is 41.9 Å². The van der Waals surface area contributed by atoms with Crippen molar-refractivity contribution in [2.75, 3.05) is 26.2 Å². The first kappa shape index (κ1) is 21.7. The van der Waals surface area contributed by atoms with Gasteiger partial charge in [-0.25, -0.2) is 0 Å². The molecule has 5 heteroatoms. The van der Waals surface area contributed by atoms with Crippen LogP contribution in [0.4, 0.5) is 0 Å². The summed E-state index contributed by atoms with van der Waals surface area (Å²) in [6.45, 7) is 4.57. The highest BCUT2D eigenvalue weighted by Crippen LogP contribution is 2.45. The molecule has 3 rings (SSSR count). The maximum Gasteiger partial charge on any atom is 0.191 e. The Kier molecular flexibility index (Phi) is 8.57. The number of guanidine groups is 1. The van der Waals surface area contributed by atoms with Crippen LogP contribution >= 0.6 is 24.0 Å². The van der Waals surface area contributed by atoms with Crippen LogP contribution in [0.25, 0.3) is 0 Å². The zero-order valence-electron chi connectivity index (χ0n) is 15.9. The fourth-order valence-electron chi connectivity index (χ4n) is 3.13. The molecule has 27 heavy (non-hydrogen) atoms. The first-order valence-electron chi connectivity index (χ1n) is 9.49. The van der Waals surface area contributed by atoms with E-state index in [0.717, 1.165) is 31.9 Å². The van der Waals surface area contributed by atoms with Gasteiger partial charge in [-0.2, -0.15) is 0 Å². The van der Waals surface area contributed by atoms with E-state index in [1.165, 1.54) is 11.1 Å². The van der Waals surface area contributed by atoms with Crippen LogP contribution in [0.15, 0.2) is 65.7 Å². The van der Waals surface area contributed by atoms with Gasteiger partial charge in [-0.15, -0.1) is 24.0 Å². The minimum atomic E-state index is 0. The molecule has 0 bridgehead atoms. The molecule has 2 aromatic rings. The quantitative estimate of drug-likeness (QED) is 0.307. The lowest BCUT2D eigenvalue weighted by atomic mass is 9.91. The average molecular weight is 479 g/mol. The van der Waals surface area contributed by atoms with Gasteiger partial charge in [0.1, 0.15) is 0 Å². The van der Waals surface area contributed by atoms with Gasteiger partial charge in [0.25, 0.3) is 0 Å². The number of hydrogen-bond acceptors (Lipinski definition) is 2. The summed E-state index contributed by atoms with van der Waals surface area (Å²) < 4.78 is 0. The van der Waals surface area contributed by atoms with Gasteiger partial charge in [0, 0.05) is 24.4 Å². The number of halogens is 1. The normalized spacial score (nSPS) is 15.1. The average Bonchev–Trinajstić information content (AvgIpc) is 3.48. The van der Waals surface area contributed by atoms with E-state index in [4.69, 9.17) is 4.99 Å². The Hall–Kier alpha value is -1.60. The molecule has 0 radical (unpaired) electrons. The van der Waals surface area contributed by atoms with E-state index >= 15 is 0 Å². The third-order valence-electron chi connectivity index (χ3n) is 5.09. The molecule has 1 saturated carbocycles. The molecule has 0 spiro atoms. The molecule has 3 N–H and O–H groups in total. The molecule has 146 valence electrons. The Bertz CT molecular complexity index is 663. The standard InChI is InChI=1S/C22H29N3O.HI/c1-2-23-21(25-16-22(17-26)13-14-22)24-15-20(18-9-5-3-6-10-18)19-11-7-4-8-12-19;/h3-12,20,26H,2,13-17H2,1H3,(H2,23,24,25);1H. The molecule has 1 aliphatic rings. The maximum absolute atomic E-state index is 9.50. The topological polar surface area (TPSA) is 56.7 Å². The van der Waals surface area contributed by atoms with Gasteiger partial charge in [0.05, 0.1) is 13.2 Å². The molecule has 0 heterocycles. The third-order valence-corrected chi connectivity index (χ3v) is 5.09. The number of aliphatic hydroxyl groups excluding tert-OH is 1. The van der Waals surface area contributed by atoms with Gasteiger partial charge in [-0.3, -0.25) is 4.99 Å². The molecule has 0 aliphatic heterocycles. The molecule has 1 aliphatic carbocycles. The first-order chi connectivity index (χ1) is 12.8. The predicted molar refractivity (Wildman–Crippen MR) is 123 cm³/mol. The maximum atomic E-state index is 9.50. The minimum absolute atomic E-state index is 0. The number of aliphatic hydroxyl groups is 1. The fraction of sp³-hybridized carbons (Fsp3) is 0.409. The Morgan fingerprint density at radius 2 is 1.56 bits per heavy atom. The van der Waals surface area contributed by atoms with Crippen molar-refractivity contribution in [3.8, 4) is 0 Å². The summed E-state index contributed by atoms with van der Waals surface area (Å²) in [5.41, 5.74) is 2.60. The van der Waals surface area contributed by atoms with Gasteiger partial charge in [0.2, 0.25) is 0 Å². The Morgan fingerprint density at radius 1 is 1.00 bits per heavy atom. The zero-order chi connectivity index (χ0) is 18.2. The van der Waals surface area contributed by atoms with Gasteiger partial charge in [0.15, 0.2) is 5.96 Å². The second kappa shape index (κ2) is 10.7. The SMILES string of the molecule is CCNC(=NCC1(CO)CC1)NCC(c1ccccc1)c1ccccc1.I. The van der Waals surface area contributed by atoms with Gasteiger partial charge >= 0.3 is 0 Å². The van der Waals surface area contributed by atoms with Crippen molar-refractivity contribution in [1.29, 1.82) is 0 Å². The van der Waals surface area contributed by atoms with E-state index in [1.54, 1.807) is 0 Å².